The molecular formula is C19H18F4N2O5S. The lowest BCUT2D eigenvalue weighted by Gasteiger charge is -2.18. The number of ether oxygens (including phenoxy) is 1. The standard InChI is InChI=1S/C19H18F4N2O5S/c1-12(18(27)24-15-7-3-13(4-8-15)19(21,22)23)30-17(26)11-25(2)31(28,29)16-9-5-14(20)6-10-16/h3-10,12H,11H2,1-2H3,(H,24,27). The van der Waals surface area contributed by atoms with Crippen molar-refractivity contribution >= 4 is 27.6 Å². The normalized spacial score (nSPS) is 13.0. The smallest absolute Gasteiger partial charge is 0.416 e. The van der Waals surface area contributed by atoms with Crippen molar-refractivity contribution in [2.45, 2.75) is 24.1 Å². The maximum atomic E-state index is 13.0. The number of carbonyl (C=O) groups excluding carboxylic acids is 2. The van der Waals surface area contributed by atoms with Gasteiger partial charge in [0.05, 0.1) is 10.5 Å². The highest BCUT2D eigenvalue weighted by Gasteiger charge is 2.30. The number of anilines is 1. The van der Waals surface area contributed by atoms with E-state index in [4.69, 9.17) is 4.74 Å². The first-order valence-corrected chi connectivity index (χ1v) is 10.1. The van der Waals surface area contributed by atoms with Crippen LogP contribution >= 0.6 is 0 Å². The van der Waals surface area contributed by atoms with Gasteiger partial charge >= 0.3 is 12.1 Å². The molecule has 0 saturated carbocycles. The molecule has 2 rings (SSSR count). The average Bonchev–Trinajstić information content (AvgIpc) is 2.67. The van der Waals surface area contributed by atoms with Crippen LogP contribution in [0.25, 0.3) is 0 Å². The van der Waals surface area contributed by atoms with Crippen molar-refractivity contribution in [2.75, 3.05) is 18.9 Å². The van der Waals surface area contributed by atoms with Gasteiger partial charge in [0, 0.05) is 12.7 Å². The summed E-state index contributed by atoms with van der Waals surface area (Å²) in [4.78, 5) is 23.9. The van der Waals surface area contributed by atoms with Crippen molar-refractivity contribution in [1.29, 1.82) is 0 Å². The molecule has 0 spiro atoms. The van der Waals surface area contributed by atoms with E-state index < -0.39 is 52.1 Å². The van der Waals surface area contributed by atoms with Gasteiger partial charge in [0.2, 0.25) is 10.0 Å². The van der Waals surface area contributed by atoms with E-state index in [2.05, 4.69) is 5.32 Å². The Morgan fingerprint density at radius 3 is 2.13 bits per heavy atom. The molecule has 0 fully saturated rings. The van der Waals surface area contributed by atoms with Gasteiger partial charge in [-0.25, -0.2) is 12.8 Å². The minimum absolute atomic E-state index is 0.0527. The summed E-state index contributed by atoms with van der Waals surface area (Å²) in [6, 6.07) is 7.61. The van der Waals surface area contributed by atoms with Crippen molar-refractivity contribution in [1.82, 2.24) is 4.31 Å². The molecule has 31 heavy (non-hydrogen) atoms. The van der Waals surface area contributed by atoms with Gasteiger partial charge in [-0.15, -0.1) is 0 Å². The lowest BCUT2D eigenvalue weighted by Crippen LogP contribution is -2.37. The van der Waals surface area contributed by atoms with E-state index in [-0.39, 0.29) is 10.6 Å². The maximum Gasteiger partial charge on any atom is 0.416 e. The Bertz CT molecular complexity index is 1040. The van der Waals surface area contributed by atoms with Crippen LogP contribution in [0.2, 0.25) is 0 Å². The molecule has 12 heteroatoms. The first-order chi connectivity index (χ1) is 14.3. The molecule has 0 aliphatic carbocycles. The van der Waals surface area contributed by atoms with Crippen LogP contribution in [-0.2, 0) is 30.5 Å². The summed E-state index contributed by atoms with van der Waals surface area (Å²) in [7, 11) is -2.99. The summed E-state index contributed by atoms with van der Waals surface area (Å²) in [6.45, 7) is 0.489. The second-order valence-corrected chi connectivity index (χ2v) is 8.46. The number of halogens is 4. The van der Waals surface area contributed by atoms with E-state index in [1.165, 1.54) is 6.92 Å². The van der Waals surface area contributed by atoms with Crippen molar-refractivity contribution in [2.24, 2.45) is 0 Å². The number of rotatable bonds is 7. The quantitative estimate of drug-likeness (QED) is 0.505. The summed E-state index contributed by atoms with van der Waals surface area (Å²) in [5.41, 5.74) is -0.840. The summed E-state index contributed by atoms with van der Waals surface area (Å²) >= 11 is 0. The van der Waals surface area contributed by atoms with E-state index in [0.717, 1.165) is 55.6 Å². The molecule has 0 saturated heterocycles. The maximum absolute atomic E-state index is 13.0. The molecule has 0 aromatic heterocycles. The number of nitrogens with zero attached hydrogens (tertiary/aromatic N) is 1. The third-order valence-corrected chi connectivity index (χ3v) is 5.85. The molecule has 1 N–H and O–H groups in total. The Morgan fingerprint density at radius 1 is 1.06 bits per heavy atom. The Hall–Kier alpha value is -2.99. The van der Waals surface area contributed by atoms with Crippen molar-refractivity contribution < 1.29 is 40.3 Å². The first kappa shape index (κ1) is 24.3. The SMILES string of the molecule is CC(OC(=O)CN(C)S(=O)(=O)c1ccc(F)cc1)C(=O)Nc1ccc(C(F)(F)F)cc1. The zero-order chi connectivity index (χ0) is 23.4. The first-order valence-electron chi connectivity index (χ1n) is 8.70. The highest BCUT2D eigenvalue weighted by molar-refractivity contribution is 7.89. The van der Waals surface area contributed by atoms with Crippen LogP contribution in [-0.4, -0.2) is 44.3 Å². The number of sulfonamides is 1. The number of hydrogen-bond donors (Lipinski definition) is 1. The van der Waals surface area contributed by atoms with Gasteiger partial charge in [0.15, 0.2) is 6.10 Å². The number of likely N-dealkylation sites (N-methyl/N-ethyl adjacent to an activating group) is 1. The van der Waals surface area contributed by atoms with Gasteiger partial charge in [-0.1, -0.05) is 0 Å². The predicted octanol–water partition coefficient (Wildman–Crippen LogP) is 3.04. The van der Waals surface area contributed by atoms with Crippen molar-refractivity contribution in [3.8, 4) is 0 Å². The van der Waals surface area contributed by atoms with Crippen LogP contribution in [0.5, 0.6) is 0 Å². The number of nitrogens with one attached hydrogen (secondary N) is 1. The van der Waals surface area contributed by atoms with Gasteiger partial charge in [-0.3, -0.25) is 9.59 Å². The highest BCUT2D eigenvalue weighted by Crippen LogP contribution is 2.29. The molecule has 0 aliphatic rings. The lowest BCUT2D eigenvalue weighted by molar-refractivity contribution is -0.153. The summed E-state index contributed by atoms with van der Waals surface area (Å²) in [5, 5.41) is 2.29. The molecule has 0 radical (unpaired) electrons. The van der Waals surface area contributed by atoms with Gasteiger partial charge in [-0.05, 0) is 55.5 Å². The summed E-state index contributed by atoms with van der Waals surface area (Å²) in [5.74, 6) is -2.49. The van der Waals surface area contributed by atoms with E-state index in [1.54, 1.807) is 0 Å². The fourth-order valence-corrected chi connectivity index (χ4v) is 3.44. The van der Waals surface area contributed by atoms with Gasteiger partial charge in [0.1, 0.15) is 12.4 Å². The van der Waals surface area contributed by atoms with Gasteiger partial charge in [0.25, 0.3) is 5.91 Å². The van der Waals surface area contributed by atoms with Gasteiger partial charge < -0.3 is 10.1 Å². The highest BCUT2D eigenvalue weighted by atomic mass is 32.2. The number of amides is 1. The monoisotopic (exact) mass is 462 g/mol. The third-order valence-electron chi connectivity index (χ3n) is 4.03. The minimum atomic E-state index is -4.52. The number of carbonyl (C=O) groups is 2. The topological polar surface area (TPSA) is 92.8 Å². The third kappa shape index (κ3) is 6.49. The second kappa shape index (κ2) is 9.43. The molecule has 1 amide bonds. The van der Waals surface area contributed by atoms with Gasteiger partial charge in [-0.2, -0.15) is 17.5 Å². The average molecular weight is 462 g/mol. The molecule has 7 nitrogen and oxygen atoms in total. The number of esters is 1. The fraction of sp³-hybridized carbons (Fsp3) is 0.263. The summed E-state index contributed by atoms with van der Waals surface area (Å²) < 4.78 is 80.9. The Morgan fingerprint density at radius 2 is 1.61 bits per heavy atom. The Kier molecular flexibility index (Phi) is 7.39. The van der Waals surface area contributed by atoms with Crippen LogP contribution in [0.3, 0.4) is 0 Å². The van der Waals surface area contributed by atoms with Crippen LogP contribution in [0.1, 0.15) is 12.5 Å². The predicted molar refractivity (Wildman–Crippen MR) is 102 cm³/mol. The summed E-state index contributed by atoms with van der Waals surface area (Å²) in [6.07, 6.45) is -5.87. The van der Waals surface area contributed by atoms with E-state index in [0.29, 0.717) is 4.31 Å². The zero-order valence-electron chi connectivity index (χ0n) is 16.3. The number of alkyl halides is 3. The zero-order valence-corrected chi connectivity index (χ0v) is 17.1. The fourth-order valence-electron chi connectivity index (χ4n) is 2.33. The van der Waals surface area contributed by atoms with E-state index in [9.17, 15) is 35.6 Å². The van der Waals surface area contributed by atoms with Crippen LogP contribution < -0.4 is 5.32 Å². The van der Waals surface area contributed by atoms with E-state index >= 15 is 0 Å². The minimum Gasteiger partial charge on any atom is -0.452 e. The molecule has 0 heterocycles. The number of benzene rings is 2. The van der Waals surface area contributed by atoms with Crippen molar-refractivity contribution in [3.63, 3.8) is 0 Å². The number of hydrogen-bond acceptors (Lipinski definition) is 5. The Balaban J connectivity index is 1.93. The lowest BCUT2D eigenvalue weighted by atomic mass is 10.2. The molecule has 0 bridgehead atoms. The molecule has 1 atom stereocenters. The second-order valence-electron chi connectivity index (χ2n) is 6.41. The van der Waals surface area contributed by atoms with Crippen LogP contribution in [0.15, 0.2) is 53.4 Å². The molecule has 2 aromatic carbocycles. The molecule has 2 aromatic rings. The molecule has 0 aliphatic heterocycles. The molecule has 1 unspecified atom stereocenters. The van der Waals surface area contributed by atoms with Crippen LogP contribution in [0.4, 0.5) is 23.2 Å². The largest absolute Gasteiger partial charge is 0.452 e. The van der Waals surface area contributed by atoms with Crippen LogP contribution in [0, 0.1) is 5.82 Å². The van der Waals surface area contributed by atoms with E-state index in [1.807, 2.05) is 0 Å². The molecular weight excluding hydrogens is 444 g/mol. The van der Waals surface area contributed by atoms with Crippen molar-refractivity contribution in [3.05, 3.63) is 59.9 Å². The molecule has 168 valence electrons. The Labute approximate surface area is 175 Å².